The van der Waals surface area contributed by atoms with Crippen LogP contribution in [0.1, 0.15) is 37.1 Å². The third-order valence-electron chi connectivity index (χ3n) is 10.3. The van der Waals surface area contributed by atoms with Crippen LogP contribution in [0.25, 0.3) is 55.6 Å². The molecule has 3 atom stereocenters. The summed E-state index contributed by atoms with van der Waals surface area (Å²) in [6.45, 7) is 2.19. The summed E-state index contributed by atoms with van der Waals surface area (Å²) in [5.74, 6) is 1.06. The number of rotatable bonds is 4. The summed E-state index contributed by atoms with van der Waals surface area (Å²) < 4.78 is 5.02. The highest BCUT2D eigenvalue weighted by Gasteiger charge is 2.27. The largest absolute Gasteiger partial charge is 0.333 e. The van der Waals surface area contributed by atoms with E-state index in [1.165, 1.54) is 66.4 Å². The Hall–Kier alpha value is -5.08. The first-order chi connectivity index (χ1) is 22.2. The molecule has 3 aliphatic rings. The highest BCUT2D eigenvalue weighted by molar-refractivity contribution is 6.09. The lowest BCUT2D eigenvalue weighted by atomic mass is 9.79. The van der Waals surface area contributed by atoms with Gasteiger partial charge in [0, 0.05) is 33.1 Å². The van der Waals surface area contributed by atoms with Crippen molar-refractivity contribution < 1.29 is 0 Å². The summed E-state index contributed by atoms with van der Waals surface area (Å²) >= 11 is 0. The highest BCUT2D eigenvalue weighted by Crippen LogP contribution is 2.41. The maximum Gasteiger partial charge on any atom is 0.0560 e. The molecule has 218 valence electrons. The number of hydrogen-bond donors (Lipinski definition) is 0. The molecule has 4 aromatic carbocycles. The maximum atomic E-state index is 2.56. The van der Waals surface area contributed by atoms with Gasteiger partial charge >= 0.3 is 0 Å². The molecule has 45 heavy (non-hydrogen) atoms. The van der Waals surface area contributed by atoms with Gasteiger partial charge in [0.1, 0.15) is 0 Å². The van der Waals surface area contributed by atoms with Crippen molar-refractivity contribution in [1.82, 2.24) is 9.13 Å². The van der Waals surface area contributed by atoms with Gasteiger partial charge in [-0.15, -0.1) is 0 Å². The molecule has 2 aromatic heterocycles. The predicted octanol–water partition coefficient (Wildman–Crippen LogP) is 11.2. The van der Waals surface area contributed by atoms with E-state index >= 15 is 0 Å². The summed E-state index contributed by atoms with van der Waals surface area (Å²) in [6.07, 6.45) is 24.2. The van der Waals surface area contributed by atoms with Gasteiger partial charge in [-0.25, -0.2) is 0 Å². The quantitative estimate of drug-likeness (QED) is 0.196. The average Bonchev–Trinajstić information content (AvgIpc) is 3.61. The molecule has 0 amide bonds. The lowest BCUT2D eigenvalue weighted by Crippen LogP contribution is -2.17. The van der Waals surface area contributed by atoms with Crippen molar-refractivity contribution in [2.45, 2.75) is 32.2 Å². The number of nitrogens with zero attached hydrogens (tertiary/aromatic N) is 2. The summed E-state index contributed by atoms with van der Waals surface area (Å²) in [4.78, 5) is 0. The van der Waals surface area contributed by atoms with Crippen LogP contribution in [0.15, 0.2) is 145 Å². The van der Waals surface area contributed by atoms with Crippen LogP contribution in [0.5, 0.6) is 0 Å². The van der Waals surface area contributed by atoms with Crippen LogP contribution < -0.4 is 0 Å². The zero-order chi connectivity index (χ0) is 29.9. The molecule has 2 heterocycles. The Balaban J connectivity index is 1.21. The fourth-order valence-electron chi connectivity index (χ4n) is 7.97. The van der Waals surface area contributed by atoms with E-state index in [2.05, 4.69) is 162 Å². The van der Waals surface area contributed by atoms with Crippen LogP contribution in [-0.2, 0) is 6.42 Å². The molecule has 0 spiro atoms. The van der Waals surface area contributed by atoms with E-state index in [9.17, 15) is 0 Å². The van der Waals surface area contributed by atoms with Crippen molar-refractivity contribution in [2.24, 2.45) is 11.8 Å². The molecule has 0 radical (unpaired) electrons. The van der Waals surface area contributed by atoms with Crippen LogP contribution in [0.2, 0.25) is 0 Å². The van der Waals surface area contributed by atoms with Crippen molar-refractivity contribution in [3.63, 3.8) is 0 Å². The zero-order valence-electron chi connectivity index (χ0n) is 25.6. The number of hydrogen-bond acceptors (Lipinski definition) is 0. The molecule has 6 aromatic rings. The van der Waals surface area contributed by atoms with Crippen molar-refractivity contribution in [3.8, 4) is 16.8 Å². The Morgan fingerprint density at radius 3 is 2.29 bits per heavy atom. The second kappa shape index (κ2) is 10.5. The first-order valence-corrected chi connectivity index (χ1v) is 16.4. The molecule has 3 unspecified atom stereocenters. The Labute approximate surface area is 264 Å². The molecule has 3 aliphatic carbocycles. The molecule has 0 aliphatic heterocycles. The third kappa shape index (κ3) is 4.31. The van der Waals surface area contributed by atoms with Gasteiger partial charge in [0.05, 0.1) is 17.1 Å². The monoisotopic (exact) mass is 580 g/mol. The second-order valence-corrected chi connectivity index (χ2v) is 12.9. The minimum absolute atomic E-state index is 0.313. The van der Waals surface area contributed by atoms with E-state index in [4.69, 9.17) is 0 Å². The fourth-order valence-corrected chi connectivity index (χ4v) is 7.97. The standard InChI is InChI=1S/C43H36N2/c1-29-16-21-35(22-17-29)45-40-15-9-8-14-36(40)37-23-18-33(28-43(37)45)32-20-25-42-39(27-32)38-26-31(30-10-4-2-5-11-30)19-24-41(38)44(42)34-12-6-3-7-13-34/h2-10,12-21,23-25,27-28,30-31,35H,11,22,26H2,1H3. The molecule has 0 fully saturated rings. The molecule has 0 N–H and O–H groups in total. The number of allylic oxidation sites excluding steroid dienone is 9. The van der Waals surface area contributed by atoms with Crippen LogP contribution in [0, 0.1) is 11.8 Å². The Morgan fingerprint density at radius 2 is 1.44 bits per heavy atom. The third-order valence-corrected chi connectivity index (χ3v) is 10.3. The Bertz CT molecular complexity index is 2260. The molecule has 0 bridgehead atoms. The van der Waals surface area contributed by atoms with E-state index in [0.717, 1.165) is 19.3 Å². The number of para-hydroxylation sites is 2. The molecule has 0 saturated heterocycles. The topological polar surface area (TPSA) is 9.86 Å². The zero-order valence-corrected chi connectivity index (χ0v) is 25.6. The van der Waals surface area contributed by atoms with Gasteiger partial charge in [0.15, 0.2) is 0 Å². The molecule has 0 saturated carbocycles. The normalized spacial score (nSPS) is 20.7. The molecular weight excluding hydrogens is 544 g/mol. The van der Waals surface area contributed by atoms with Gasteiger partial charge in [-0.2, -0.15) is 0 Å². The number of aromatic nitrogens is 2. The van der Waals surface area contributed by atoms with Crippen LogP contribution in [0.4, 0.5) is 0 Å². The summed E-state index contributed by atoms with van der Waals surface area (Å²) in [6, 6.07) is 34.3. The van der Waals surface area contributed by atoms with Gasteiger partial charge < -0.3 is 9.13 Å². The van der Waals surface area contributed by atoms with Crippen molar-refractivity contribution in [1.29, 1.82) is 0 Å². The molecule has 9 rings (SSSR count). The van der Waals surface area contributed by atoms with Gasteiger partial charge in [-0.3, -0.25) is 0 Å². The molecule has 2 heteroatoms. The van der Waals surface area contributed by atoms with Gasteiger partial charge in [0.2, 0.25) is 0 Å². The van der Waals surface area contributed by atoms with Crippen LogP contribution in [-0.4, -0.2) is 9.13 Å². The molecular formula is C43H36N2. The highest BCUT2D eigenvalue weighted by atomic mass is 15.0. The Kier molecular flexibility index (Phi) is 6.16. The second-order valence-electron chi connectivity index (χ2n) is 12.9. The van der Waals surface area contributed by atoms with Gasteiger partial charge in [-0.1, -0.05) is 109 Å². The first-order valence-electron chi connectivity index (χ1n) is 16.4. The van der Waals surface area contributed by atoms with E-state index in [1.54, 1.807) is 0 Å². The first kappa shape index (κ1) is 26.3. The lowest BCUT2D eigenvalue weighted by molar-refractivity contribution is 0.472. The maximum absolute atomic E-state index is 2.56. The SMILES string of the molecule is CC1=CCC(n2c3ccccc3c3ccc(-c4ccc5c(c4)c4c(n5-c5ccccc5)C=CC(C5C=CC=CC5)C4)cc32)C=C1. The average molecular weight is 581 g/mol. The fraction of sp³-hybridized carbons (Fsp3) is 0.163. The van der Waals surface area contributed by atoms with Crippen molar-refractivity contribution >= 4 is 38.8 Å². The van der Waals surface area contributed by atoms with E-state index in [-0.39, 0.29) is 0 Å². The lowest BCUT2D eigenvalue weighted by Gasteiger charge is -2.25. The van der Waals surface area contributed by atoms with E-state index in [0.29, 0.717) is 17.9 Å². The van der Waals surface area contributed by atoms with Crippen molar-refractivity contribution in [2.75, 3.05) is 0 Å². The summed E-state index contributed by atoms with van der Waals surface area (Å²) in [5, 5.41) is 4.02. The van der Waals surface area contributed by atoms with E-state index < -0.39 is 0 Å². The molecule has 2 nitrogen and oxygen atoms in total. The van der Waals surface area contributed by atoms with E-state index in [1.807, 2.05) is 0 Å². The summed E-state index contributed by atoms with van der Waals surface area (Å²) in [5.41, 5.74) is 11.8. The number of benzene rings is 4. The van der Waals surface area contributed by atoms with Gasteiger partial charge in [0.25, 0.3) is 0 Å². The number of fused-ring (bicyclic) bond motifs is 6. The Morgan fingerprint density at radius 1 is 0.622 bits per heavy atom. The van der Waals surface area contributed by atoms with Crippen molar-refractivity contribution in [3.05, 3.63) is 156 Å². The van der Waals surface area contributed by atoms with Gasteiger partial charge in [-0.05, 0) is 97.2 Å². The minimum atomic E-state index is 0.313. The smallest absolute Gasteiger partial charge is 0.0560 e. The minimum Gasteiger partial charge on any atom is -0.333 e. The summed E-state index contributed by atoms with van der Waals surface area (Å²) in [7, 11) is 0. The van der Waals surface area contributed by atoms with Crippen LogP contribution in [0.3, 0.4) is 0 Å². The predicted molar refractivity (Wildman–Crippen MR) is 191 cm³/mol. The van der Waals surface area contributed by atoms with Crippen LogP contribution >= 0.6 is 0 Å².